The van der Waals surface area contributed by atoms with Crippen molar-refractivity contribution in [3.8, 4) is 0 Å². The SMILES string of the molecule is Cn1cnc(CNc2cc(Br)cc(C(=O)O)c2)n1. The van der Waals surface area contributed by atoms with Crippen LogP contribution in [0.4, 0.5) is 5.69 Å². The first-order valence-electron chi connectivity index (χ1n) is 5.17. The predicted molar refractivity (Wildman–Crippen MR) is 69.4 cm³/mol. The summed E-state index contributed by atoms with van der Waals surface area (Å²) in [7, 11) is 1.79. The predicted octanol–water partition coefficient (Wildman–Crippen LogP) is 1.89. The van der Waals surface area contributed by atoms with Crippen molar-refractivity contribution >= 4 is 27.6 Å². The molecule has 2 rings (SSSR count). The van der Waals surface area contributed by atoms with Crippen molar-refractivity contribution in [1.29, 1.82) is 0 Å². The first-order valence-corrected chi connectivity index (χ1v) is 5.96. The van der Waals surface area contributed by atoms with Crippen LogP contribution in [0.5, 0.6) is 0 Å². The van der Waals surface area contributed by atoms with Crippen molar-refractivity contribution in [2.45, 2.75) is 6.54 Å². The van der Waals surface area contributed by atoms with E-state index < -0.39 is 5.97 Å². The lowest BCUT2D eigenvalue weighted by molar-refractivity contribution is 0.0697. The molecule has 1 heterocycles. The van der Waals surface area contributed by atoms with Crippen molar-refractivity contribution in [1.82, 2.24) is 14.8 Å². The highest BCUT2D eigenvalue weighted by Gasteiger charge is 2.06. The molecule has 0 bridgehead atoms. The molecular formula is C11H11BrN4O2. The lowest BCUT2D eigenvalue weighted by Gasteiger charge is -2.06. The van der Waals surface area contributed by atoms with Crippen LogP contribution in [0.25, 0.3) is 0 Å². The molecule has 2 N–H and O–H groups in total. The fraction of sp³-hybridized carbons (Fsp3) is 0.182. The number of anilines is 1. The number of rotatable bonds is 4. The number of halogens is 1. The van der Waals surface area contributed by atoms with Gasteiger partial charge in [0.05, 0.1) is 12.1 Å². The minimum absolute atomic E-state index is 0.223. The molecule has 0 aliphatic rings. The molecule has 0 radical (unpaired) electrons. The van der Waals surface area contributed by atoms with Crippen LogP contribution in [-0.2, 0) is 13.6 Å². The first-order chi connectivity index (χ1) is 8.54. The number of nitrogens with zero attached hydrogens (tertiary/aromatic N) is 3. The maximum atomic E-state index is 10.9. The van der Waals surface area contributed by atoms with Crippen molar-refractivity contribution in [2.75, 3.05) is 5.32 Å². The van der Waals surface area contributed by atoms with E-state index in [1.165, 1.54) is 0 Å². The van der Waals surface area contributed by atoms with Gasteiger partial charge in [0.15, 0.2) is 5.82 Å². The molecule has 1 aromatic heterocycles. The molecule has 0 saturated heterocycles. The van der Waals surface area contributed by atoms with Crippen LogP contribution in [0.2, 0.25) is 0 Å². The quantitative estimate of drug-likeness (QED) is 0.901. The minimum atomic E-state index is -0.963. The van der Waals surface area contributed by atoms with Gasteiger partial charge >= 0.3 is 5.97 Å². The van der Waals surface area contributed by atoms with Crippen LogP contribution in [0, 0.1) is 0 Å². The third-order valence-corrected chi connectivity index (χ3v) is 2.70. The Morgan fingerprint density at radius 3 is 2.89 bits per heavy atom. The average molecular weight is 311 g/mol. The lowest BCUT2D eigenvalue weighted by atomic mass is 10.2. The van der Waals surface area contributed by atoms with Crippen molar-refractivity contribution in [3.05, 3.63) is 40.4 Å². The first kappa shape index (κ1) is 12.6. The van der Waals surface area contributed by atoms with Crippen LogP contribution in [0.1, 0.15) is 16.2 Å². The van der Waals surface area contributed by atoms with Crippen LogP contribution < -0.4 is 5.32 Å². The summed E-state index contributed by atoms with van der Waals surface area (Å²) in [5, 5.41) is 16.1. The number of carboxylic acid groups (broad SMARTS) is 1. The summed E-state index contributed by atoms with van der Waals surface area (Å²) in [4.78, 5) is 15.0. The number of aromatic carboxylic acids is 1. The van der Waals surface area contributed by atoms with Gasteiger partial charge < -0.3 is 10.4 Å². The number of aromatic nitrogens is 3. The highest BCUT2D eigenvalue weighted by Crippen LogP contribution is 2.20. The molecule has 0 saturated carbocycles. The van der Waals surface area contributed by atoms with E-state index in [2.05, 4.69) is 31.3 Å². The molecule has 0 spiro atoms. The summed E-state index contributed by atoms with van der Waals surface area (Å²) < 4.78 is 2.32. The molecule has 94 valence electrons. The second kappa shape index (κ2) is 5.18. The molecule has 1 aromatic carbocycles. The van der Waals surface area contributed by atoms with Gasteiger partial charge in [-0.1, -0.05) is 15.9 Å². The molecule has 0 amide bonds. The minimum Gasteiger partial charge on any atom is -0.478 e. The van der Waals surface area contributed by atoms with Gasteiger partial charge in [0.1, 0.15) is 6.33 Å². The Morgan fingerprint density at radius 2 is 2.28 bits per heavy atom. The molecular weight excluding hydrogens is 300 g/mol. The van der Waals surface area contributed by atoms with E-state index in [9.17, 15) is 4.79 Å². The smallest absolute Gasteiger partial charge is 0.335 e. The standard InChI is InChI=1S/C11H11BrN4O2/c1-16-6-14-10(15-16)5-13-9-3-7(11(17)18)2-8(12)4-9/h2-4,6,13H,5H2,1H3,(H,17,18). The zero-order valence-corrected chi connectivity index (χ0v) is 11.2. The van der Waals surface area contributed by atoms with E-state index in [0.29, 0.717) is 22.5 Å². The van der Waals surface area contributed by atoms with Gasteiger partial charge in [-0.15, -0.1) is 0 Å². The molecule has 7 heteroatoms. The van der Waals surface area contributed by atoms with Gasteiger partial charge in [0.25, 0.3) is 0 Å². The Bertz CT molecular complexity index is 582. The van der Waals surface area contributed by atoms with E-state index in [1.807, 2.05) is 0 Å². The molecule has 0 aliphatic heterocycles. The number of hydrogen-bond donors (Lipinski definition) is 2. The number of carbonyl (C=O) groups is 1. The summed E-state index contributed by atoms with van der Waals surface area (Å²) in [6, 6.07) is 4.91. The van der Waals surface area contributed by atoms with Crippen LogP contribution >= 0.6 is 15.9 Å². The molecule has 2 aromatic rings. The summed E-state index contributed by atoms with van der Waals surface area (Å²) in [6.07, 6.45) is 1.61. The zero-order valence-electron chi connectivity index (χ0n) is 9.59. The Kier molecular flexibility index (Phi) is 3.61. The van der Waals surface area contributed by atoms with Crippen molar-refractivity contribution in [2.24, 2.45) is 7.05 Å². The number of carboxylic acids is 1. The van der Waals surface area contributed by atoms with Gasteiger partial charge in [0, 0.05) is 17.2 Å². The third-order valence-electron chi connectivity index (χ3n) is 2.24. The zero-order chi connectivity index (χ0) is 13.1. The van der Waals surface area contributed by atoms with Gasteiger partial charge in [-0.2, -0.15) is 5.10 Å². The molecule has 18 heavy (non-hydrogen) atoms. The molecule has 0 fully saturated rings. The third kappa shape index (κ3) is 3.07. The second-order valence-electron chi connectivity index (χ2n) is 3.72. The normalized spacial score (nSPS) is 10.3. The van der Waals surface area contributed by atoms with Crippen molar-refractivity contribution in [3.63, 3.8) is 0 Å². The summed E-state index contributed by atoms with van der Waals surface area (Å²) >= 11 is 3.27. The van der Waals surface area contributed by atoms with E-state index in [1.54, 1.807) is 36.3 Å². The van der Waals surface area contributed by atoms with E-state index in [-0.39, 0.29) is 5.56 Å². The van der Waals surface area contributed by atoms with Gasteiger partial charge in [0.2, 0.25) is 0 Å². The monoisotopic (exact) mass is 310 g/mol. The summed E-state index contributed by atoms with van der Waals surface area (Å²) in [5.74, 6) is -0.315. The molecule has 0 unspecified atom stereocenters. The van der Waals surface area contributed by atoms with E-state index in [0.717, 1.165) is 0 Å². The van der Waals surface area contributed by atoms with Crippen LogP contribution in [0.15, 0.2) is 29.0 Å². The van der Waals surface area contributed by atoms with Crippen LogP contribution in [-0.4, -0.2) is 25.8 Å². The lowest BCUT2D eigenvalue weighted by Crippen LogP contribution is -2.04. The molecule has 6 nitrogen and oxygen atoms in total. The Labute approximate surface area is 112 Å². The van der Waals surface area contributed by atoms with Gasteiger partial charge in [-0.25, -0.2) is 9.78 Å². The van der Waals surface area contributed by atoms with E-state index in [4.69, 9.17) is 5.11 Å². The topological polar surface area (TPSA) is 80.0 Å². The summed E-state index contributed by atoms with van der Waals surface area (Å²) in [5.41, 5.74) is 0.926. The number of nitrogens with one attached hydrogen (secondary N) is 1. The fourth-order valence-corrected chi connectivity index (χ4v) is 1.95. The summed E-state index contributed by atoms with van der Waals surface area (Å²) in [6.45, 7) is 0.441. The molecule has 0 aliphatic carbocycles. The number of hydrogen-bond acceptors (Lipinski definition) is 4. The fourth-order valence-electron chi connectivity index (χ4n) is 1.46. The molecule has 0 atom stereocenters. The maximum absolute atomic E-state index is 10.9. The second-order valence-corrected chi connectivity index (χ2v) is 4.64. The number of aryl methyl sites for hydroxylation is 1. The Morgan fingerprint density at radius 1 is 1.50 bits per heavy atom. The Hall–Kier alpha value is -1.89. The van der Waals surface area contributed by atoms with Gasteiger partial charge in [-0.05, 0) is 18.2 Å². The van der Waals surface area contributed by atoms with E-state index >= 15 is 0 Å². The average Bonchev–Trinajstić information content (AvgIpc) is 2.72. The largest absolute Gasteiger partial charge is 0.478 e. The highest BCUT2D eigenvalue weighted by molar-refractivity contribution is 9.10. The Balaban J connectivity index is 2.11. The maximum Gasteiger partial charge on any atom is 0.335 e. The van der Waals surface area contributed by atoms with Crippen molar-refractivity contribution < 1.29 is 9.90 Å². The highest BCUT2D eigenvalue weighted by atomic mass is 79.9. The van der Waals surface area contributed by atoms with Gasteiger partial charge in [-0.3, -0.25) is 4.68 Å². The van der Waals surface area contributed by atoms with Crippen LogP contribution in [0.3, 0.4) is 0 Å². The number of benzene rings is 1.